The summed E-state index contributed by atoms with van der Waals surface area (Å²) in [4.78, 5) is 35.6. The molecule has 2 fully saturated rings. The molecule has 4 rings (SSSR count). The number of hydrogen-bond donors (Lipinski definition) is 1. The molecule has 2 saturated heterocycles. The van der Waals surface area contributed by atoms with Crippen LogP contribution in [0.4, 0.5) is 4.79 Å². The molecule has 2 aromatic rings. The zero-order valence-electron chi connectivity index (χ0n) is 24.5. The Bertz CT molecular complexity index is 1270. The van der Waals surface area contributed by atoms with Gasteiger partial charge in [-0.15, -0.1) is 0 Å². The zero-order valence-corrected chi connectivity index (χ0v) is 25.2. The summed E-state index contributed by atoms with van der Waals surface area (Å²) in [7, 11) is 0.861. The highest BCUT2D eigenvalue weighted by Gasteiger charge is 2.52. The summed E-state index contributed by atoms with van der Waals surface area (Å²) < 4.78 is 23.6. The minimum atomic E-state index is -0.688. The fraction of sp³-hybridized carbons (Fsp3) is 0.571. The van der Waals surface area contributed by atoms with Gasteiger partial charge in [0.2, 0.25) is 11.8 Å². The van der Waals surface area contributed by atoms with E-state index in [4.69, 9.17) is 30.4 Å². The SMILES string of the molecule is COc1nc(-c2cccc(B3OC(C)(C)C(C)(C)O3)c2Cl)cnc1CN(C[C@@H]1CCC(=O)N1)C(=O)OC(C)(C)C. The van der Waals surface area contributed by atoms with Gasteiger partial charge in [-0.1, -0.05) is 29.8 Å². The number of halogens is 1. The number of hydrogen-bond acceptors (Lipinski definition) is 8. The van der Waals surface area contributed by atoms with E-state index in [-0.39, 0.29) is 30.9 Å². The van der Waals surface area contributed by atoms with Gasteiger partial charge in [0, 0.05) is 35.1 Å². The first-order valence-corrected chi connectivity index (χ1v) is 13.8. The number of nitrogens with zero attached hydrogens (tertiary/aromatic N) is 3. The van der Waals surface area contributed by atoms with E-state index in [0.717, 1.165) is 0 Å². The molecule has 12 heteroatoms. The second-order valence-corrected chi connectivity index (χ2v) is 12.6. The first-order chi connectivity index (χ1) is 18.6. The predicted octanol–water partition coefficient (Wildman–Crippen LogP) is 4.12. The summed E-state index contributed by atoms with van der Waals surface area (Å²) in [6.07, 6.45) is 2.14. The number of rotatable bonds is 7. The molecular formula is C28H38BClN4O6. The van der Waals surface area contributed by atoms with Crippen LogP contribution in [0.3, 0.4) is 0 Å². The summed E-state index contributed by atoms with van der Waals surface area (Å²) in [5, 5.41) is 3.34. The van der Waals surface area contributed by atoms with E-state index >= 15 is 0 Å². The highest BCUT2D eigenvalue weighted by molar-refractivity contribution is 6.66. The molecule has 216 valence electrons. The second-order valence-electron chi connectivity index (χ2n) is 12.2. The number of amides is 2. The van der Waals surface area contributed by atoms with Gasteiger partial charge in [-0.2, -0.15) is 0 Å². The van der Waals surface area contributed by atoms with Crippen LogP contribution in [0.5, 0.6) is 5.88 Å². The molecule has 2 amide bonds. The van der Waals surface area contributed by atoms with Crippen LogP contribution in [0.25, 0.3) is 11.3 Å². The first-order valence-electron chi connectivity index (χ1n) is 13.4. The van der Waals surface area contributed by atoms with Gasteiger partial charge in [0.15, 0.2) is 0 Å². The average Bonchev–Trinajstić information content (AvgIpc) is 3.35. The summed E-state index contributed by atoms with van der Waals surface area (Å²) in [6.45, 7) is 13.7. The minimum absolute atomic E-state index is 0.0319. The monoisotopic (exact) mass is 572 g/mol. The number of nitrogens with one attached hydrogen (secondary N) is 1. The molecule has 1 N–H and O–H groups in total. The van der Waals surface area contributed by atoms with Gasteiger partial charge in [0.05, 0.1) is 36.7 Å². The lowest BCUT2D eigenvalue weighted by Gasteiger charge is -2.32. The maximum Gasteiger partial charge on any atom is 0.496 e. The molecule has 1 atom stereocenters. The van der Waals surface area contributed by atoms with Crippen molar-refractivity contribution in [1.29, 1.82) is 0 Å². The minimum Gasteiger partial charge on any atom is -0.480 e. The maximum atomic E-state index is 13.1. The predicted molar refractivity (Wildman–Crippen MR) is 153 cm³/mol. The molecule has 10 nitrogen and oxygen atoms in total. The van der Waals surface area contributed by atoms with E-state index in [1.807, 2.05) is 45.9 Å². The van der Waals surface area contributed by atoms with Gasteiger partial charge in [0.1, 0.15) is 11.3 Å². The van der Waals surface area contributed by atoms with Crippen LogP contribution in [-0.2, 0) is 25.4 Å². The lowest BCUT2D eigenvalue weighted by molar-refractivity contribution is -0.119. The molecule has 0 saturated carbocycles. The van der Waals surface area contributed by atoms with E-state index in [1.54, 1.807) is 27.0 Å². The summed E-state index contributed by atoms with van der Waals surface area (Å²) in [5.41, 5.74) is 0.565. The van der Waals surface area contributed by atoms with Crippen molar-refractivity contribution in [2.75, 3.05) is 13.7 Å². The Morgan fingerprint density at radius 3 is 2.48 bits per heavy atom. The van der Waals surface area contributed by atoms with E-state index in [0.29, 0.717) is 40.3 Å². The largest absolute Gasteiger partial charge is 0.496 e. The highest BCUT2D eigenvalue weighted by Crippen LogP contribution is 2.38. The van der Waals surface area contributed by atoms with Crippen LogP contribution < -0.4 is 15.5 Å². The quantitative estimate of drug-likeness (QED) is 0.493. The first kappa shape index (κ1) is 30.1. The third-order valence-electron chi connectivity index (χ3n) is 7.33. The lowest BCUT2D eigenvalue weighted by Crippen LogP contribution is -2.44. The molecular weight excluding hydrogens is 535 g/mol. The molecule has 0 bridgehead atoms. The van der Waals surface area contributed by atoms with Crippen LogP contribution in [0.1, 0.15) is 67.0 Å². The van der Waals surface area contributed by atoms with E-state index < -0.39 is 30.0 Å². The van der Waals surface area contributed by atoms with Gasteiger partial charge in [-0.3, -0.25) is 9.78 Å². The summed E-state index contributed by atoms with van der Waals surface area (Å²) in [6, 6.07) is 5.41. The number of aromatic nitrogens is 2. The van der Waals surface area contributed by atoms with Crippen molar-refractivity contribution in [3.8, 4) is 17.1 Å². The van der Waals surface area contributed by atoms with Crippen molar-refractivity contribution < 1.29 is 28.4 Å². The third kappa shape index (κ3) is 6.53. The van der Waals surface area contributed by atoms with Crippen molar-refractivity contribution in [3.05, 3.63) is 35.1 Å². The van der Waals surface area contributed by atoms with Gasteiger partial charge in [0.25, 0.3) is 0 Å². The van der Waals surface area contributed by atoms with Crippen LogP contribution in [0, 0.1) is 0 Å². The Kier molecular flexibility index (Phi) is 8.41. The van der Waals surface area contributed by atoms with Gasteiger partial charge in [-0.05, 0) is 54.9 Å². The van der Waals surface area contributed by atoms with E-state index in [1.165, 1.54) is 12.0 Å². The van der Waals surface area contributed by atoms with Crippen molar-refractivity contribution in [3.63, 3.8) is 0 Å². The molecule has 40 heavy (non-hydrogen) atoms. The third-order valence-corrected chi connectivity index (χ3v) is 7.76. The standard InChI is InChI=1S/C28H38BClN4O6/c1-26(2,3)38-25(36)34(15-17-12-13-22(35)32-17)16-21-24(37-8)33-20(14-31-21)18-10-9-11-19(23(18)30)29-39-27(4,5)28(6,7)40-29/h9-11,14,17H,12-13,15-16H2,1-8H3,(H,32,35)/t17-/m0/s1. The van der Waals surface area contributed by atoms with Crippen molar-refractivity contribution in [2.24, 2.45) is 0 Å². The molecule has 0 radical (unpaired) electrons. The van der Waals surface area contributed by atoms with E-state index in [9.17, 15) is 9.59 Å². The van der Waals surface area contributed by atoms with Crippen molar-refractivity contribution in [1.82, 2.24) is 20.2 Å². The molecule has 1 aromatic heterocycles. The Balaban J connectivity index is 1.61. The van der Waals surface area contributed by atoms with Gasteiger partial charge in [-0.25, -0.2) is 9.78 Å². The fourth-order valence-electron chi connectivity index (χ4n) is 4.49. The Morgan fingerprint density at radius 1 is 1.23 bits per heavy atom. The zero-order chi connectivity index (χ0) is 29.5. The smallest absolute Gasteiger partial charge is 0.480 e. The van der Waals surface area contributed by atoms with Crippen molar-refractivity contribution in [2.45, 2.75) is 90.7 Å². The normalized spacial score (nSPS) is 19.9. The van der Waals surface area contributed by atoms with Gasteiger partial charge < -0.3 is 29.0 Å². The number of carbonyl (C=O) groups is 2. The van der Waals surface area contributed by atoms with Crippen LogP contribution in [0.15, 0.2) is 24.4 Å². The highest BCUT2D eigenvalue weighted by atomic mass is 35.5. The molecule has 2 aliphatic rings. The second kappa shape index (κ2) is 11.2. The average molecular weight is 573 g/mol. The van der Waals surface area contributed by atoms with Crippen LogP contribution in [-0.4, -0.2) is 70.5 Å². The Morgan fingerprint density at radius 2 is 1.90 bits per heavy atom. The number of ether oxygens (including phenoxy) is 2. The number of benzene rings is 1. The maximum absolute atomic E-state index is 13.1. The fourth-order valence-corrected chi connectivity index (χ4v) is 4.80. The van der Waals surface area contributed by atoms with Gasteiger partial charge >= 0.3 is 13.2 Å². The molecule has 2 aliphatic heterocycles. The number of methoxy groups -OCH3 is 1. The lowest BCUT2D eigenvalue weighted by atomic mass is 9.78. The molecule has 0 unspecified atom stereocenters. The summed E-state index contributed by atoms with van der Waals surface area (Å²) >= 11 is 6.87. The molecule has 1 aromatic carbocycles. The van der Waals surface area contributed by atoms with Crippen molar-refractivity contribution >= 4 is 36.2 Å². The Hall–Kier alpha value is -2.89. The van der Waals surface area contributed by atoms with Crippen LogP contribution in [0.2, 0.25) is 5.02 Å². The summed E-state index contributed by atoms with van der Waals surface area (Å²) in [5.74, 6) is 0.217. The molecule has 3 heterocycles. The van der Waals surface area contributed by atoms with Crippen LogP contribution >= 0.6 is 11.6 Å². The topological polar surface area (TPSA) is 112 Å². The molecule has 0 spiro atoms. The molecule has 0 aliphatic carbocycles. The van der Waals surface area contributed by atoms with E-state index in [2.05, 4.69) is 15.3 Å². The Labute approximate surface area is 241 Å². The number of carbonyl (C=O) groups excluding carboxylic acids is 2.